The molecule has 1 aliphatic heterocycles. The van der Waals surface area contributed by atoms with E-state index < -0.39 is 22.5 Å². The van der Waals surface area contributed by atoms with Crippen molar-refractivity contribution in [2.45, 2.75) is 29.9 Å². The second kappa shape index (κ2) is 11.9. The molecule has 0 bridgehead atoms. The number of esters is 1. The van der Waals surface area contributed by atoms with Crippen LogP contribution in [0.5, 0.6) is 5.75 Å². The molecule has 208 valence electrons. The van der Waals surface area contributed by atoms with E-state index in [1.54, 1.807) is 74.8 Å². The fourth-order valence-electron chi connectivity index (χ4n) is 4.42. The summed E-state index contributed by atoms with van der Waals surface area (Å²) >= 11 is 2.20. The van der Waals surface area contributed by atoms with Crippen LogP contribution in [-0.2, 0) is 9.53 Å². The smallest absolute Gasteiger partial charge is 0.338 e. The molecule has 0 saturated heterocycles. The van der Waals surface area contributed by atoms with Crippen LogP contribution in [0.4, 0.5) is 5.69 Å². The highest BCUT2D eigenvalue weighted by molar-refractivity contribution is 7.99. The molecular weight excluding hydrogens is 566 g/mol. The van der Waals surface area contributed by atoms with Crippen LogP contribution in [0.2, 0.25) is 0 Å². The molecule has 0 aliphatic carbocycles. The van der Waals surface area contributed by atoms with Gasteiger partial charge in [-0.2, -0.15) is 0 Å². The molecule has 0 fully saturated rings. The summed E-state index contributed by atoms with van der Waals surface area (Å²) in [4.78, 5) is 51.9. The van der Waals surface area contributed by atoms with Crippen molar-refractivity contribution in [3.8, 4) is 5.75 Å². The Morgan fingerprint density at radius 3 is 2.66 bits per heavy atom. The van der Waals surface area contributed by atoms with Crippen LogP contribution in [-0.4, -0.2) is 39.1 Å². The largest absolute Gasteiger partial charge is 0.496 e. The lowest BCUT2D eigenvalue weighted by Gasteiger charge is -2.25. The Labute approximate surface area is 241 Å². The molecule has 0 amide bonds. The molecule has 13 heteroatoms. The number of nitro benzene ring substituents is 1. The Morgan fingerprint density at radius 2 is 1.95 bits per heavy atom. The molecule has 0 radical (unpaired) electrons. The predicted octanol–water partition coefficient (Wildman–Crippen LogP) is 3.66. The van der Waals surface area contributed by atoms with E-state index in [9.17, 15) is 19.7 Å². The van der Waals surface area contributed by atoms with Crippen molar-refractivity contribution in [3.63, 3.8) is 0 Å². The van der Waals surface area contributed by atoms with Crippen LogP contribution < -0.4 is 19.6 Å². The molecule has 41 heavy (non-hydrogen) atoms. The standard InChI is InChI=1S/C28H23N5O6S2/c1-4-39-26(35)23-16(2)31-28-32(24(23)18-8-5-6-9-20(18)38-3)25(34)22(41-28)15-17-10-11-21(19(14-17)33(36)37)40-27-29-12-7-13-30-27/h5-15,24H,4H2,1-3H3/b22-15+/t24-/m0/s1. The molecule has 0 N–H and O–H groups in total. The second-order valence-electron chi connectivity index (χ2n) is 8.66. The number of carbonyl (C=O) groups is 1. The van der Waals surface area contributed by atoms with Crippen molar-refractivity contribution in [2.75, 3.05) is 13.7 Å². The Kier molecular flexibility index (Phi) is 8.08. The monoisotopic (exact) mass is 589 g/mol. The summed E-state index contributed by atoms with van der Waals surface area (Å²) in [5.41, 5.74) is 1.16. The van der Waals surface area contributed by atoms with Crippen LogP contribution in [0.1, 0.15) is 31.0 Å². The summed E-state index contributed by atoms with van der Waals surface area (Å²) in [6.45, 7) is 3.56. The van der Waals surface area contributed by atoms with Crippen LogP contribution in [0.3, 0.4) is 0 Å². The third-order valence-corrected chi connectivity index (χ3v) is 8.11. The first-order valence-corrected chi connectivity index (χ1v) is 14.0. The van der Waals surface area contributed by atoms with Gasteiger partial charge in [0.15, 0.2) is 9.96 Å². The van der Waals surface area contributed by atoms with Crippen LogP contribution in [0.25, 0.3) is 6.08 Å². The Bertz CT molecular complexity index is 1870. The number of rotatable bonds is 8. The van der Waals surface area contributed by atoms with E-state index in [0.29, 0.717) is 42.0 Å². The molecule has 3 heterocycles. The zero-order chi connectivity index (χ0) is 29.1. The lowest BCUT2D eigenvalue weighted by molar-refractivity contribution is -0.387. The SMILES string of the molecule is CCOC(=O)C1=C(C)N=c2s/c(=C/c3ccc(Sc4ncccn4)c([N+](=O)[O-])c3)c(=O)n2[C@H]1c1ccccc1OC. The number of hydrogen-bond donors (Lipinski definition) is 0. The maximum atomic E-state index is 13.9. The first-order valence-electron chi connectivity index (χ1n) is 12.4. The third-order valence-electron chi connectivity index (χ3n) is 6.17. The maximum absolute atomic E-state index is 13.9. The summed E-state index contributed by atoms with van der Waals surface area (Å²) in [6, 6.07) is 12.6. The highest BCUT2D eigenvalue weighted by Gasteiger charge is 2.35. The van der Waals surface area contributed by atoms with Gasteiger partial charge in [-0.05, 0) is 55.4 Å². The van der Waals surface area contributed by atoms with Crippen LogP contribution in [0, 0.1) is 10.1 Å². The van der Waals surface area contributed by atoms with E-state index in [1.807, 2.05) is 0 Å². The number of aromatic nitrogens is 3. The number of nitro groups is 1. The number of benzene rings is 2. The normalized spacial score (nSPS) is 14.8. The van der Waals surface area contributed by atoms with E-state index in [0.717, 1.165) is 23.1 Å². The van der Waals surface area contributed by atoms with Gasteiger partial charge in [0, 0.05) is 24.0 Å². The van der Waals surface area contributed by atoms with E-state index in [1.165, 1.54) is 17.7 Å². The summed E-state index contributed by atoms with van der Waals surface area (Å²) in [6.07, 6.45) is 4.69. The Morgan fingerprint density at radius 1 is 1.20 bits per heavy atom. The third kappa shape index (κ3) is 5.54. The summed E-state index contributed by atoms with van der Waals surface area (Å²) in [5, 5.41) is 12.3. The lowest BCUT2D eigenvalue weighted by Crippen LogP contribution is -2.40. The second-order valence-corrected chi connectivity index (χ2v) is 10.7. The van der Waals surface area contributed by atoms with Gasteiger partial charge in [-0.1, -0.05) is 35.6 Å². The van der Waals surface area contributed by atoms with E-state index in [4.69, 9.17) is 9.47 Å². The number of thiazole rings is 1. The number of hydrogen-bond acceptors (Lipinski definition) is 11. The number of carbonyl (C=O) groups excluding carboxylic acids is 1. The zero-order valence-corrected chi connectivity index (χ0v) is 23.8. The minimum Gasteiger partial charge on any atom is -0.496 e. The molecule has 4 aromatic rings. The lowest BCUT2D eigenvalue weighted by atomic mass is 9.95. The predicted molar refractivity (Wildman–Crippen MR) is 153 cm³/mol. The number of nitrogens with zero attached hydrogens (tertiary/aromatic N) is 5. The molecule has 1 atom stereocenters. The summed E-state index contributed by atoms with van der Waals surface area (Å²) in [5.74, 6) is -0.0836. The molecule has 11 nitrogen and oxygen atoms in total. The molecule has 1 aliphatic rings. The number of allylic oxidation sites excluding steroid dienone is 1. The number of methoxy groups -OCH3 is 1. The van der Waals surface area contributed by atoms with Gasteiger partial charge in [-0.25, -0.2) is 19.8 Å². The van der Waals surface area contributed by atoms with Gasteiger partial charge < -0.3 is 9.47 Å². The minimum absolute atomic E-state index is 0.142. The fraction of sp³-hybridized carbons (Fsp3) is 0.179. The molecule has 0 saturated carbocycles. The van der Waals surface area contributed by atoms with Gasteiger partial charge in [0.2, 0.25) is 0 Å². The first-order chi connectivity index (χ1) is 19.8. The average molecular weight is 590 g/mol. The van der Waals surface area contributed by atoms with E-state index >= 15 is 0 Å². The molecule has 2 aromatic heterocycles. The molecular formula is C28H23N5O6S2. The molecule has 0 spiro atoms. The maximum Gasteiger partial charge on any atom is 0.338 e. The van der Waals surface area contributed by atoms with E-state index in [-0.39, 0.29) is 17.9 Å². The van der Waals surface area contributed by atoms with Gasteiger partial charge in [-0.15, -0.1) is 0 Å². The Balaban J connectivity index is 1.65. The highest BCUT2D eigenvalue weighted by Crippen LogP contribution is 2.36. The van der Waals surface area contributed by atoms with Crippen molar-refractivity contribution in [1.29, 1.82) is 0 Å². The quantitative estimate of drug-likeness (QED) is 0.130. The van der Waals surface area contributed by atoms with Crippen LogP contribution in [0.15, 0.2) is 92.0 Å². The number of fused-ring (bicyclic) bond motifs is 1. The number of para-hydroxylation sites is 1. The summed E-state index contributed by atoms with van der Waals surface area (Å²) < 4.78 is 12.6. The first kappa shape index (κ1) is 27.9. The van der Waals surface area contributed by atoms with Gasteiger partial charge in [-0.3, -0.25) is 19.5 Å². The van der Waals surface area contributed by atoms with Crippen LogP contribution >= 0.6 is 23.1 Å². The summed E-state index contributed by atoms with van der Waals surface area (Å²) in [7, 11) is 1.52. The van der Waals surface area contributed by atoms with Gasteiger partial charge >= 0.3 is 5.97 Å². The topological polar surface area (TPSA) is 139 Å². The zero-order valence-electron chi connectivity index (χ0n) is 22.1. The van der Waals surface area contributed by atoms with Crippen molar-refractivity contribution >= 4 is 40.8 Å². The average Bonchev–Trinajstić information content (AvgIpc) is 3.27. The van der Waals surface area contributed by atoms with Crippen molar-refractivity contribution in [3.05, 3.63) is 113 Å². The molecule has 0 unspecified atom stereocenters. The van der Waals surface area contributed by atoms with Crippen molar-refractivity contribution in [1.82, 2.24) is 14.5 Å². The minimum atomic E-state index is -0.845. The van der Waals surface area contributed by atoms with Gasteiger partial charge in [0.1, 0.15) is 11.8 Å². The number of ether oxygens (including phenoxy) is 2. The fourth-order valence-corrected chi connectivity index (χ4v) is 6.26. The van der Waals surface area contributed by atoms with Gasteiger partial charge in [0.25, 0.3) is 11.2 Å². The highest BCUT2D eigenvalue weighted by atomic mass is 32.2. The van der Waals surface area contributed by atoms with Gasteiger partial charge in [0.05, 0.1) is 39.3 Å². The van der Waals surface area contributed by atoms with Crippen molar-refractivity contribution in [2.24, 2.45) is 4.99 Å². The van der Waals surface area contributed by atoms with E-state index in [2.05, 4.69) is 15.0 Å². The molecule has 5 rings (SSSR count). The molecule has 2 aromatic carbocycles. The van der Waals surface area contributed by atoms with Crippen molar-refractivity contribution < 1.29 is 19.2 Å². The Hall–Kier alpha value is -4.62.